The number of aliphatic hydroxyl groups excluding tert-OH is 1. The second-order valence-corrected chi connectivity index (χ2v) is 6.62. The monoisotopic (exact) mass is 267 g/mol. The highest BCUT2D eigenvalue weighted by Gasteiger charge is 2.23. The third-order valence-electron chi connectivity index (χ3n) is 3.09. The zero-order valence-electron chi connectivity index (χ0n) is 11.8. The summed E-state index contributed by atoms with van der Waals surface area (Å²) in [6.07, 6.45) is 1.78. The van der Waals surface area contributed by atoms with Crippen molar-refractivity contribution in [1.82, 2.24) is 5.32 Å². The molecule has 18 heavy (non-hydrogen) atoms. The number of benzene rings is 1. The summed E-state index contributed by atoms with van der Waals surface area (Å²) < 4.78 is 0. The van der Waals surface area contributed by atoms with Gasteiger partial charge >= 0.3 is 0 Å². The zero-order valence-corrected chi connectivity index (χ0v) is 12.6. The van der Waals surface area contributed by atoms with E-state index in [0.29, 0.717) is 12.6 Å². The fraction of sp³-hybridized carbons (Fsp3) is 0.600. The van der Waals surface area contributed by atoms with E-state index < -0.39 is 0 Å². The SMILES string of the molecule is CSCC(NCC(O)C(C)(C)C)c1ccccc1. The molecule has 0 bridgehead atoms. The Kier molecular flexibility index (Phi) is 6.19. The van der Waals surface area contributed by atoms with E-state index in [0.717, 1.165) is 5.75 Å². The fourth-order valence-corrected chi connectivity index (χ4v) is 2.33. The van der Waals surface area contributed by atoms with Gasteiger partial charge in [-0.3, -0.25) is 0 Å². The van der Waals surface area contributed by atoms with Crippen molar-refractivity contribution in [3.63, 3.8) is 0 Å². The van der Waals surface area contributed by atoms with Crippen molar-refractivity contribution in [1.29, 1.82) is 0 Å². The van der Waals surface area contributed by atoms with Crippen LogP contribution < -0.4 is 5.32 Å². The Morgan fingerprint density at radius 3 is 2.33 bits per heavy atom. The maximum Gasteiger partial charge on any atom is 0.0712 e. The molecule has 1 aromatic rings. The third-order valence-corrected chi connectivity index (χ3v) is 3.76. The van der Waals surface area contributed by atoms with E-state index in [1.807, 2.05) is 17.8 Å². The molecular formula is C15H25NOS. The maximum absolute atomic E-state index is 10.1. The molecule has 0 aromatic heterocycles. The van der Waals surface area contributed by atoms with Gasteiger partial charge in [0.05, 0.1) is 6.10 Å². The standard InChI is InChI=1S/C15H25NOS/c1-15(2,3)14(17)10-16-13(11-18-4)12-8-6-5-7-9-12/h5-9,13-14,16-17H,10-11H2,1-4H3. The van der Waals surface area contributed by atoms with E-state index in [1.165, 1.54) is 5.56 Å². The predicted octanol–water partition coefficient (Wildman–Crippen LogP) is 3.09. The number of thioether (sulfide) groups is 1. The van der Waals surface area contributed by atoms with Crippen LogP contribution in [0.2, 0.25) is 0 Å². The average Bonchev–Trinajstić information content (AvgIpc) is 2.34. The van der Waals surface area contributed by atoms with Crippen LogP contribution in [0.4, 0.5) is 0 Å². The van der Waals surface area contributed by atoms with Gasteiger partial charge in [0, 0.05) is 18.3 Å². The molecule has 0 heterocycles. The first-order valence-electron chi connectivity index (χ1n) is 6.40. The summed E-state index contributed by atoms with van der Waals surface area (Å²) in [5, 5.41) is 13.6. The maximum atomic E-state index is 10.1. The van der Waals surface area contributed by atoms with E-state index in [9.17, 15) is 5.11 Å². The van der Waals surface area contributed by atoms with Crippen LogP contribution in [0.15, 0.2) is 30.3 Å². The molecule has 102 valence electrons. The number of nitrogens with one attached hydrogen (secondary N) is 1. The molecule has 0 fully saturated rings. The highest BCUT2D eigenvalue weighted by molar-refractivity contribution is 7.98. The number of aliphatic hydroxyl groups is 1. The summed E-state index contributed by atoms with van der Waals surface area (Å²) in [4.78, 5) is 0. The van der Waals surface area contributed by atoms with Crippen molar-refractivity contribution in [2.45, 2.75) is 32.9 Å². The van der Waals surface area contributed by atoms with Gasteiger partial charge in [0.25, 0.3) is 0 Å². The average molecular weight is 267 g/mol. The Balaban J connectivity index is 2.59. The van der Waals surface area contributed by atoms with Gasteiger partial charge in [-0.05, 0) is 17.2 Å². The highest BCUT2D eigenvalue weighted by Crippen LogP contribution is 2.21. The van der Waals surface area contributed by atoms with Gasteiger partial charge < -0.3 is 10.4 Å². The molecule has 2 atom stereocenters. The lowest BCUT2D eigenvalue weighted by Gasteiger charge is -2.28. The van der Waals surface area contributed by atoms with Crippen LogP contribution in [0.3, 0.4) is 0 Å². The molecule has 0 radical (unpaired) electrons. The first-order chi connectivity index (χ1) is 8.45. The summed E-state index contributed by atoms with van der Waals surface area (Å²) in [7, 11) is 0. The number of hydrogen-bond acceptors (Lipinski definition) is 3. The molecule has 2 unspecified atom stereocenters. The molecule has 0 aliphatic carbocycles. The van der Waals surface area contributed by atoms with Crippen LogP contribution in [0.5, 0.6) is 0 Å². The Morgan fingerprint density at radius 2 is 1.83 bits per heavy atom. The minimum Gasteiger partial charge on any atom is -0.391 e. The molecule has 0 aliphatic heterocycles. The van der Waals surface area contributed by atoms with Crippen LogP contribution in [-0.4, -0.2) is 29.8 Å². The van der Waals surface area contributed by atoms with Crippen molar-refractivity contribution in [2.75, 3.05) is 18.6 Å². The molecule has 3 heteroatoms. The lowest BCUT2D eigenvalue weighted by Crippen LogP contribution is -2.38. The Bertz CT molecular complexity index is 334. The van der Waals surface area contributed by atoms with Gasteiger partial charge in [0.15, 0.2) is 0 Å². The van der Waals surface area contributed by atoms with Crippen LogP contribution in [0.25, 0.3) is 0 Å². The summed E-state index contributed by atoms with van der Waals surface area (Å²) >= 11 is 1.82. The van der Waals surface area contributed by atoms with Gasteiger partial charge in [-0.2, -0.15) is 11.8 Å². The molecule has 0 saturated carbocycles. The van der Waals surface area contributed by atoms with Crippen molar-refractivity contribution >= 4 is 11.8 Å². The second kappa shape index (κ2) is 7.17. The minimum absolute atomic E-state index is 0.0758. The van der Waals surface area contributed by atoms with Gasteiger partial charge in [0.1, 0.15) is 0 Å². The van der Waals surface area contributed by atoms with Gasteiger partial charge in [-0.15, -0.1) is 0 Å². The summed E-state index contributed by atoms with van der Waals surface area (Å²) in [6, 6.07) is 10.7. The minimum atomic E-state index is -0.328. The van der Waals surface area contributed by atoms with Crippen molar-refractivity contribution in [3.8, 4) is 0 Å². The van der Waals surface area contributed by atoms with Crippen LogP contribution >= 0.6 is 11.8 Å². The molecule has 0 saturated heterocycles. The molecular weight excluding hydrogens is 242 g/mol. The molecule has 0 aliphatic rings. The summed E-state index contributed by atoms with van der Waals surface area (Å²) in [5.74, 6) is 1.01. The van der Waals surface area contributed by atoms with E-state index in [-0.39, 0.29) is 11.5 Å². The lowest BCUT2D eigenvalue weighted by atomic mass is 9.89. The lowest BCUT2D eigenvalue weighted by molar-refractivity contribution is 0.0610. The third kappa shape index (κ3) is 5.01. The topological polar surface area (TPSA) is 32.3 Å². The van der Waals surface area contributed by atoms with Gasteiger partial charge in [0.2, 0.25) is 0 Å². The molecule has 2 nitrogen and oxygen atoms in total. The van der Waals surface area contributed by atoms with Crippen LogP contribution in [0.1, 0.15) is 32.4 Å². The number of rotatable bonds is 6. The smallest absolute Gasteiger partial charge is 0.0712 e. The molecule has 0 spiro atoms. The largest absolute Gasteiger partial charge is 0.391 e. The van der Waals surface area contributed by atoms with E-state index in [2.05, 4.69) is 56.6 Å². The Labute approximate surface area is 115 Å². The zero-order chi connectivity index (χ0) is 13.6. The summed E-state index contributed by atoms with van der Waals surface area (Å²) in [5.41, 5.74) is 1.21. The van der Waals surface area contributed by atoms with Crippen molar-refractivity contribution in [2.24, 2.45) is 5.41 Å². The van der Waals surface area contributed by atoms with Gasteiger partial charge in [-0.1, -0.05) is 51.1 Å². The highest BCUT2D eigenvalue weighted by atomic mass is 32.2. The summed E-state index contributed by atoms with van der Waals surface area (Å²) in [6.45, 7) is 6.81. The van der Waals surface area contributed by atoms with Crippen molar-refractivity contribution in [3.05, 3.63) is 35.9 Å². The molecule has 2 N–H and O–H groups in total. The molecule has 0 amide bonds. The van der Waals surface area contributed by atoms with Crippen LogP contribution in [-0.2, 0) is 0 Å². The number of hydrogen-bond donors (Lipinski definition) is 2. The second-order valence-electron chi connectivity index (χ2n) is 5.71. The fourth-order valence-electron chi connectivity index (χ4n) is 1.69. The quantitative estimate of drug-likeness (QED) is 0.831. The molecule has 1 aromatic carbocycles. The normalized spacial score (nSPS) is 15.4. The van der Waals surface area contributed by atoms with Crippen LogP contribution in [0, 0.1) is 5.41 Å². The Morgan fingerprint density at radius 1 is 1.22 bits per heavy atom. The van der Waals surface area contributed by atoms with E-state index >= 15 is 0 Å². The molecule has 1 rings (SSSR count). The van der Waals surface area contributed by atoms with Gasteiger partial charge in [-0.25, -0.2) is 0 Å². The van der Waals surface area contributed by atoms with E-state index in [1.54, 1.807) is 0 Å². The first-order valence-corrected chi connectivity index (χ1v) is 7.80. The predicted molar refractivity (Wildman–Crippen MR) is 81.0 cm³/mol. The van der Waals surface area contributed by atoms with E-state index in [4.69, 9.17) is 0 Å². The Hall–Kier alpha value is -0.510. The first kappa shape index (κ1) is 15.5. The van der Waals surface area contributed by atoms with Crippen molar-refractivity contribution < 1.29 is 5.11 Å².